The molecule has 1 saturated heterocycles. The smallest absolute Gasteiger partial charge is 0.260 e. The number of likely N-dealkylation sites (tertiary alicyclic amines) is 1. The second kappa shape index (κ2) is 11.7. The third kappa shape index (κ3) is 6.54. The number of rotatable bonds is 7. The SMILES string of the molecule is C=C(C(=O)N(CCC1CCN(Cc2ccccc2)CC1)C(C)=O)c1ccccc1.Cl. The maximum absolute atomic E-state index is 12.8. The van der Waals surface area contributed by atoms with Gasteiger partial charge in [-0.2, -0.15) is 0 Å². The highest BCUT2D eigenvalue weighted by Gasteiger charge is 2.24. The summed E-state index contributed by atoms with van der Waals surface area (Å²) < 4.78 is 0. The minimum absolute atomic E-state index is 0. The number of carbonyl (C=O) groups excluding carboxylic acids is 2. The van der Waals surface area contributed by atoms with Crippen LogP contribution in [0.4, 0.5) is 0 Å². The Bertz CT molecular complexity index is 831. The number of imide groups is 1. The van der Waals surface area contributed by atoms with Gasteiger partial charge in [0.25, 0.3) is 5.91 Å². The molecule has 0 atom stereocenters. The summed E-state index contributed by atoms with van der Waals surface area (Å²) >= 11 is 0. The van der Waals surface area contributed by atoms with Gasteiger partial charge in [0.15, 0.2) is 0 Å². The molecule has 0 saturated carbocycles. The summed E-state index contributed by atoms with van der Waals surface area (Å²) in [4.78, 5) is 28.8. The lowest BCUT2D eigenvalue weighted by molar-refractivity contribution is -0.140. The summed E-state index contributed by atoms with van der Waals surface area (Å²) in [5.74, 6) is 0.0421. The summed E-state index contributed by atoms with van der Waals surface area (Å²) in [6.07, 6.45) is 3.06. The molecule has 0 spiro atoms. The van der Waals surface area contributed by atoms with Crippen molar-refractivity contribution >= 4 is 29.8 Å². The van der Waals surface area contributed by atoms with Crippen LogP contribution in [0, 0.1) is 5.92 Å². The Balaban J connectivity index is 0.00000320. The Hall–Kier alpha value is -2.43. The molecule has 4 nitrogen and oxygen atoms in total. The highest BCUT2D eigenvalue weighted by molar-refractivity contribution is 6.22. The molecule has 0 bridgehead atoms. The zero-order chi connectivity index (χ0) is 20.6. The number of carbonyl (C=O) groups is 2. The standard InChI is InChI=1S/C25H30N2O2.ClH/c1-20(24-11-7-4-8-12-24)25(29)27(21(2)28)18-15-22-13-16-26(17-14-22)19-23-9-5-3-6-10-23;/h3-12,22H,1,13-19H2,2H3;1H. The molecule has 1 fully saturated rings. The molecule has 1 heterocycles. The fourth-order valence-corrected chi connectivity index (χ4v) is 3.91. The molecule has 0 N–H and O–H groups in total. The van der Waals surface area contributed by atoms with Crippen molar-refractivity contribution in [3.8, 4) is 0 Å². The van der Waals surface area contributed by atoms with Gasteiger partial charge in [-0.05, 0) is 49.4 Å². The molecule has 0 aromatic heterocycles. The zero-order valence-electron chi connectivity index (χ0n) is 17.6. The predicted molar refractivity (Wildman–Crippen MR) is 124 cm³/mol. The van der Waals surface area contributed by atoms with Crippen LogP contribution in [-0.4, -0.2) is 41.2 Å². The van der Waals surface area contributed by atoms with Crippen LogP contribution in [0.15, 0.2) is 67.2 Å². The van der Waals surface area contributed by atoms with E-state index in [1.54, 1.807) is 0 Å². The zero-order valence-corrected chi connectivity index (χ0v) is 18.4. The van der Waals surface area contributed by atoms with Gasteiger partial charge in [0.05, 0.1) is 0 Å². The maximum Gasteiger partial charge on any atom is 0.260 e. The van der Waals surface area contributed by atoms with E-state index in [9.17, 15) is 9.59 Å². The molecule has 0 unspecified atom stereocenters. The summed E-state index contributed by atoms with van der Waals surface area (Å²) in [6, 6.07) is 19.9. The number of hydrogen-bond donors (Lipinski definition) is 0. The highest BCUT2D eigenvalue weighted by atomic mass is 35.5. The van der Waals surface area contributed by atoms with Gasteiger partial charge in [-0.1, -0.05) is 67.2 Å². The summed E-state index contributed by atoms with van der Waals surface area (Å²) in [6.45, 7) is 8.95. The van der Waals surface area contributed by atoms with Gasteiger partial charge in [0.1, 0.15) is 0 Å². The number of amides is 2. The van der Waals surface area contributed by atoms with E-state index in [-0.39, 0.29) is 24.2 Å². The van der Waals surface area contributed by atoms with E-state index in [2.05, 4.69) is 35.7 Å². The molecule has 2 amide bonds. The minimum atomic E-state index is -0.287. The van der Waals surface area contributed by atoms with Crippen LogP contribution in [0.25, 0.3) is 5.57 Å². The molecule has 1 aliphatic rings. The third-order valence-corrected chi connectivity index (χ3v) is 5.72. The Morgan fingerprint density at radius 3 is 2.13 bits per heavy atom. The average molecular weight is 427 g/mol. The van der Waals surface area contributed by atoms with Crippen LogP contribution in [0.3, 0.4) is 0 Å². The predicted octanol–water partition coefficient (Wildman–Crippen LogP) is 4.80. The normalized spacial score (nSPS) is 14.6. The van der Waals surface area contributed by atoms with E-state index in [1.807, 2.05) is 36.4 Å². The molecular formula is C25H31ClN2O2. The largest absolute Gasteiger partial charge is 0.299 e. The maximum atomic E-state index is 12.8. The van der Waals surface area contributed by atoms with Crippen LogP contribution in [0.5, 0.6) is 0 Å². The van der Waals surface area contributed by atoms with E-state index in [4.69, 9.17) is 0 Å². The van der Waals surface area contributed by atoms with Gasteiger partial charge in [0, 0.05) is 25.6 Å². The molecule has 1 aliphatic heterocycles. The van der Waals surface area contributed by atoms with Crippen LogP contribution in [-0.2, 0) is 16.1 Å². The van der Waals surface area contributed by atoms with Crippen molar-refractivity contribution in [2.75, 3.05) is 19.6 Å². The van der Waals surface area contributed by atoms with Gasteiger partial charge in [-0.25, -0.2) is 0 Å². The number of nitrogens with zero attached hydrogens (tertiary/aromatic N) is 2. The summed E-state index contributed by atoms with van der Waals surface area (Å²) in [7, 11) is 0. The highest BCUT2D eigenvalue weighted by Crippen LogP contribution is 2.23. The van der Waals surface area contributed by atoms with E-state index < -0.39 is 0 Å². The van der Waals surface area contributed by atoms with Gasteiger partial charge in [0.2, 0.25) is 5.91 Å². The van der Waals surface area contributed by atoms with Crippen LogP contribution in [0.1, 0.15) is 37.3 Å². The van der Waals surface area contributed by atoms with Crippen LogP contribution in [0.2, 0.25) is 0 Å². The Kier molecular flexibility index (Phi) is 9.28. The monoisotopic (exact) mass is 426 g/mol. The van der Waals surface area contributed by atoms with Crippen LogP contribution < -0.4 is 0 Å². The fourth-order valence-electron chi connectivity index (χ4n) is 3.91. The Morgan fingerprint density at radius 2 is 1.57 bits per heavy atom. The van der Waals surface area contributed by atoms with Crippen molar-refractivity contribution in [3.05, 3.63) is 78.4 Å². The van der Waals surface area contributed by atoms with Gasteiger partial charge in [-0.15, -0.1) is 12.4 Å². The molecule has 160 valence electrons. The molecule has 2 aromatic carbocycles. The first-order chi connectivity index (χ1) is 14.0. The Labute approximate surface area is 186 Å². The molecule has 2 aromatic rings. The van der Waals surface area contributed by atoms with Crippen molar-refractivity contribution < 1.29 is 9.59 Å². The molecule has 5 heteroatoms. The molecule has 0 aliphatic carbocycles. The topological polar surface area (TPSA) is 40.6 Å². The molecule has 0 radical (unpaired) electrons. The van der Waals surface area contributed by atoms with Crippen molar-refractivity contribution in [2.45, 2.75) is 32.7 Å². The quantitative estimate of drug-likeness (QED) is 0.597. The first-order valence-electron chi connectivity index (χ1n) is 10.4. The van der Waals surface area contributed by atoms with Crippen LogP contribution >= 0.6 is 12.4 Å². The summed E-state index contributed by atoms with van der Waals surface area (Å²) in [5.41, 5.74) is 2.48. The second-order valence-corrected chi connectivity index (χ2v) is 7.81. The second-order valence-electron chi connectivity index (χ2n) is 7.81. The van der Waals surface area contributed by atoms with Gasteiger partial charge in [-0.3, -0.25) is 19.4 Å². The average Bonchev–Trinajstić information content (AvgIpc) is 2.75. The van der Waals surface area contributed by atoms with Gasteiger partial charge >= 0.3 is 0 Å². The van der Waals surface area contributed by atoms with Crippen molar-refractivity contribution in [1.82, 2.24) is 9.80 Å². The van der Waals surface area contributed by atoms with Crippen molar-refractivity contribution in [3.63, 3.8) is 0 Å². The van der Waals surface area contributed by atoms with Gasteiger partial charge < -0.3 is 0 Å². The lowest BCUT2D eigenvalue weighted by Crippen LogP contribution is -2.39. The van der Waals surface area contributed by atoms with Crippen molar-refractivity contribution in [1.29, 1.82) is 0 Å². The molecular weight excluding hydrogens is 396 g/mol. The fraction of sp³-hybridized carbons (Fsp3) is 0.360. The number of hydrogen-bond acceptors (Lipinski definition) is 3. The van der Waals surface area contributed by atoms with Crippen molar-refractivity contribution in [2.24, 2.45) is 5.92 Å². The number of halogens is 1. The number of benzene rings is 2. The molecule has 3 rings (SSSR count). The number of piperidine rings is 1. The third-order valence-electron chi connectivity index (χ3n) is 5.72. The van der Waals surface area contributed by atoms with E-state index >= 15 is 0 Å². The van der Waals surface area contributed by atoms with E-state index in [0.717, 1.165) is 44.5 Å². The summed E-state index contributed by atoms with van der Waals surface area (Å²) in [5, 5.41) is 0. The van der Waals surface area contributed by atoms with E-state index in [1.165, 1.54) is 17.4 Å². The Morgan fingerprint density at radius 1 is 1.00 bits per heavy atom. The minimum Gasteiger partial charge on any atom is -0.299 e. The lowest BCUT2D eigenvalue weighted by atomic mass is 9.93. The molecule has 30 heavy (non-hydrogen) atoms. The van der Waals surface area contributed by atoms with E-state index in [0.29, 0.717) is 18.0 Å². The first-order valence-corrected chi connectivity index (χ1v) is 10.4. The first kappa shape index (κ1) is 23.8. The lowest BCUT2D eigenvalue weighted by Gasteiger charge is -2.33.